The Labute approximate surface area is 590 Å². The Kier molecular flexibility index (Phi) is 29.4. The summed E-state index contributed by atoms with van der Waals surface area (Å²) in [4.78, 5) is 75.2. The quantitative estimate of drug-likeness (QED) is 0.0155. The van der Waals surface area contributed by atoms with Crippen LogP contribution < -0.4 is 25.4 Å². The number of benzene rings is 2. The Morgan fingerprint density at radius 2 is 1.18 bits per heavy atom. The number of aromatic hydroxyl groups is 2. The molecule has 8 atom stereocenters. The van der Waals surface area contributed by atoms with Crippen LogP contribution in [0.25, 0.3) is 12.2 Å². The van der Waals surface area contributed by atoms with Crippen LogP contribution in [0.2, 0.25) is 0 Å². The van der Waals surface area contributed by atoms with E-state index in [1.807, 2.05) is 0 Å². The molecule has 5 fully saturated rings. The first kappa shape index (κ1) is 76.7. The summed E-state index contributed by atoms with van der Waals surface area (Å²) in [5, 5.41) is 37.5. The van der Waals surface area contributed by atoms with E-state index < -0.39 is 17.5 Å². The lowest BCUT2D eigenvalue weighted by Crippen LogP contribution is -2.51. The van der Waals surface area contributed by atoms with Crippen molar-refractivity contribution >= 4 is 41.4 Å². The minimum absolute atomic E-state index is 0.00764. The number of carbonyl (C=O) groups is 5. The van der Waals surface area contributed by atoms with Crippen molar-refractivity contribution in [1.82, 2.24) is 50.5 Å². The maximum atomic E-state index is 13.6. The SMILES string of the molecule is COc1cc(/C=C/C(=O)C(Cc2cn(CCCCNC(=O)CCC(=O)NCCCN3CCN(CCCNC(=O)CCN4CCN(CCCO[C@H]5CC[C@@]6(C)C(=CC[C@H]7[C@@H]8CC[C@H]([C@H](C)CCCC(C)C)[C@@]8(C)CC[C@@H]76)C5)CC4)CC3)nn2)C(=O)/C=C/c2ccc(O)c(OC)c2)ccc1O. The fourth-order valence-corrected chi connectivity index (χ4v) is 17.5. The lowest BCUT2D eigenvalue weighted by molar-refractivity contribution is -0.127. The van der Waals surface area contributed by atoms with Crippen LogP contribution in [0.15, 0.2) is 66.4 Å². The van der Waals surface area contributed by atoms with E-state index in [2.05, 4.69) is 86.6 Å². The molecule has 5 N–H and O–H groups in total. The molecular weight excluding hydrogens is 1250 g/mol. The number of nitrogens with zero attached hydrogens (tertiary/aromatic N) is 7. The summed E-state index contributed by atoms with van der Waals surface area (Å²) in [6.07, 6.45) is 30.5. The van der Waals surface area contributed by atoms with E-state index in [4.69, 9.17) is 14.2 Å². The molecule has 3 heterocycles. The van der Waals surface area contributed by atoms with Crippen LogP contribution in [-0.4, -0.2) is 199 Å². The normalized spacial score (nSPS) is 24.2. The third kappa shape index (κ3) is 22.3. The van der Waals surface area contributed by atoms with E-state index in [9.17, 15) is 34.2 Å². The Morgan fingerprint density at radius 1 is 0.626 bits per heavy atom. The number of ether oxygens (including phenoxy) is 3. The predicted octanol–water partition coefficient (Wildman–Crippen LogP) is 10.6. The lowest BCUT2D eigenvalue weighted by Gasteiger charge is -2.58. The van der Waals surface area contributed by atoms with Crippen LogP contribution >= 0.6 is 0 Å². The average molecular weight is 1370 g/mol. The predicted molar refractivity (Wildman–Crippen MR) is 389 cm³/mol. The van der Waals surface area contributed by atoms with Crippen LogP contribution in [0.3, 0.4) is 0 Å². The molecule has 3 amide bonds. The number of methoxy groups -OCH3 is 2. The number of hydrogen-bond acceptors (Lipinski definition) is 16. The Bertz CT molecular complexity index is 3110. The highest BCUT2D eigenvalue weighted by atomic mass is 16.5. The maximum Gasteiger partial charge on any atom is 0.221 e. The number of hydrogen-bond donors (Lipinski definition) is 5. The molecule has 6 aliphatic rings. The van der Waals surface area contributed by atoms with Gasteiger partial charge in [-0.2, -0.15) is 0 Å². The van der Waals surface area contributed by atoms with Gasteiger partial charge in [-0.1, -0.05) is 95.0 Å². The highest BCUT2D eigenvalue weighted by Gasteiger charge is 2.59. The van der Waals surface area contributed by atoms with Gasteiger partial charge in [0.15, 0.2) is 34.6 Å². The second-order valence-electron chi connectivity index (χ2n) is 30.5. The van der Waals surface area contributed by atoms with Crippen LogP contribution in [-0.2, 0) is 41.7 Å². The number of amides is 3. The van der Waals surface area contributed by atoms with E-state index in [1.165, 1.54) is 103 Å². The monoisotopic (exact) mass is 1370 g/mol. The zero-order valence-electron chi connectivity index (χ0n) is 61.0. The van der Waals surface area contributed by atoms with Gasteiger partial charge in [0.2, 0.25) is 17.7 Å². The van der Waals surface area contributed by atoms with Crippen molar-refractivity contribution in [2.24, 2.45) is 52.3 Å². The molecule has 99 heavy (non-hydrogen) atoms. The molecule has 0 bridgehead atoms. The zero-order chi connectivity index (χ0) is 70.3. The minimum atomic E-state index is -1.12. The van der Waals surface area contributed by atoms with Crippen molar-refractivity contribution in [3.8, 4) is 23.0 Å². The molecule has 0 spiro atoms. The molecule has 2 aliphatic heterocycles. The maximum absolute atomic E-state index is 13.6. The summed E-state index contributed by atoms with van der Waals surface area (Å²) < 4.78 is 18.7. The number of unbranched alkanes of at least 4 members (excludes halogenated alkanes) is 1. The van der Waals surface area contributed by atoms with Gasteiger partial charge >= 0.3 is 0 Å². The van der Waals surface area contributed by atoms with Crippen LogP contribution in [0.4, 0.5) is 0 Å². The molecule has 4 aliphatic carbocycles. The molecule has 3 saturated carbocycles. The van der Waals surface area contributed by atoms with E-state index in [0.717, 1.165) is 146 Å². The van der Waals surface area contributed by atoms with Crippen LogP contribution in [0, 0.1) is 52.3 Å². The topological polar surface area (TPSA) is 233 Å². The molecule has 9 rings (SSSR count). The largest absolute Gasteiger partial charge is 0.504 e. The summed E-state index contributed by atoms with van der Waals surface area (Å²) in [5.41, 5.74) is 4.28. The van der Waals surface area contributed by atoms with Gasteiger partial charge in [-0.05, 0) is 190 Å². The molecule has 0 radical (unpaired) electrons. The van der Waals surface area contributed by atoms with Crippen molar-refractivity contribution in [2.45, 2.75) is 176 Å². The number of rotatable bonds is 39. The average Bonchev–Trinajstić information content (AvgIpc) is 1.66. The van der Waals surface area contributed by atoms with Gasteiger partial charge in [-0.15, -0.1) is 5.10 Å². The summed E-state index contributed by atoms with van der Waals surface area (Å²) >= 11 is 0. The van der Waals surface area contributed by atoms with E-state index in [1.54, 1.807) is 52.9 Å². The van der Waals surface area contributed by atoms with Crippen molar-refractivity contribution < 1.29 is 48.4 Å². The number of piperazine rings is 2. The molecule has 20 heteroatoms. The third-order valence-electron chi connectivity index (χ3n) is 23.5. The second kappa shape index (κ2) is 38.0. The summed E-state index contributed by atoms with van der Waals surface area (Å²) in [7, 11) is 2.85. The lowest BCUT2D eigenvalue weighted by atomic mass is 9.47. The number of phenolic OH excluding ortho intramolecular Hbond substituents is 2. The van der Waals surface area contributed by atoms with E-state index >= 15 is 0 Å². The van der Waals surface area contributed by atoms with Gasteiger partial charge in [-0.25, -0.2) is 0 Å². The van der Waals surface area contributed by atoms with E-state index in [-0.39, 0.29) is 60.0 Å². The Balaban J connectivity index is 0.551. The van der Waals surface area contributed by atoms with Gasteiger partial charge in [0, 0.05) is 130 Å². The molecule has 1 aromatic heterocycles. The second-order valence-corrected chi connectivity index (χ2v) is 30.5. The highest BCUT2D eigenvalue weighted by Crippen LogP contribution is 2.67. The molecule has 2 aromatic carbocycles. The van der Waals surface area contributed by atoms with Gasteiger partial charge in [-0.3, -0.25) is 28.7 Å². The summed E-state index contributed by atoms with van der Waals surface area (Å²) in [5.74, 6) is 3.45. The van der Waals surface area contributed by atoms with Gasteiger partial charge in [0.1, 0.15) is 0 Å². The number of allylic oxidation sites excluding steroid dienone is 3. The van der Waals surface area contributed by atoms with Crippen LogP contribution in [0.1, 0.15) is 173 Å². The van der Waals surface area contributed by atoms with E-state index in [0.29, 0.717) is 79.2 Å². The molecule has 2 saturated heterocycles. The number of phenols is 2. The number of aryl methyl sites for hydroxylation is 1. The van der Waals surface area contributed by atoms with Crippen molar-refractivity contribution in [3.63, 3.8) is 0 Å². The standard InChI is InChI=1S/C79H120N10O10/c1-57(2)14-10-15-58(3)66-22-23-67-64-21-20-61-54-63(30-33-78(61,4)68(64)31-34-79(66,67)5)99-51-13-40-87-47-49-88(50-48-87)42-32-77(96)82-37-12-39-86-45-43-85(44-46-86)38-11-36-81-76(95)29-28-75(94)80-35-8-9-41-89-56-62(83-84-89)55-65(69(90)24-16-59-18-26-71(92)73(52-59)97-6)70(91)25-17-60-19-27-72(93)74(53-60)98-7/h16-20,24-27,52-53,56-58,63-68,92-93H,8-15,21-23,28-51,54-55H2,1-7H3,(H,80,94)(H,81,95)(H,82,96)/b24-16+,25-17+/t58-,63+,64+,66-,67+,68+,78+,79-/m1/s1. The highest BCUT2D eigenvalue weighted by molar-refractivity contribution is 6.13. The first-order valence-electron chi connectivity index (χ1n) is 37.9. The fourth-order valence-electron chi connectivity index (χ4n) is 17.5. The molecule has 20 nitrogen and oxygen atoms in total. The van der Waals surface area contributed by atoms with Gasteiger partial charge in [0.25, 0.3) is 0 Å². The number of nitrogens with one attached hydrogen (secondary N) is 3. The third-order valence-corrected chi connectivity index (χ3v) is 23.5. The van der Waals surface area contributed by atoms with Gasteiger partial charge in [0.05, 0.1) is 31.9 Å². The number of fused-ring (bicyclic) bond motifs is 5. The zero-order valence-corrected chi connectivity index (χ0v) is 61.0. The molecule has 0 unspecified atom stereocenters. The minimum Gasteiger partial charge on any atom is -0.504 e. The Morgan fingerprint density at radius 3 is 1.76 bits per heavy atom. The number of carbonyl (C=O) groups excluding carboxylic acids is 5. The summed E-state index contributed by atoms with van der Waals surface area (Å²) in [6, 6.07) is 9.30. The molecular formula is C79H120N10O10. The summed E-state index contributed by atoms with van der Waals surface area (Å²) in [6.45, 7) is 27.6. The molecule has 3 aromatic rings. The first-order valence-corrected chi connectivity index (χ1v) is 37.9. The Hall–Kier alpha value is -6.45. The molecule has 546 valence electrons. The number of aromatic nitrogens is 3. The van der Waals surface area contributed by atoms with Crippen molar-refractivity contribution in [1.29, 1.82) is 0 Å². The van der Waals surface area contributed by atoms with Gasteiger partial charge < -0.3 is 60.0 Å². The smallest absolute Gasteiger partial charge is 0.221 e. The van der Waals surface area contributed by atoms with Crippen LogP contribution in [0.5, 0.6) is 23.0 Å². The van der Waals surface area contributed by atoms with Crippen molar-refractivity contribution in [3.05, 3.63) is 83.2 Å². The fraction of sp³-hybridized carbons (Fsp3) is 0.684. The number of ketones is 2. The first-order chi connectivity index (χ1) is 47.8. The van der Waals surface area contributed by atoms with Crippen molar-refractivity contribution in [2.75, 3.05) is 119 Å².